The van der Waals surface area contributed by atoms with E-state index >= 15 is 0 Å². The van der Waals surface area contributed by atoms with E-state index in [0.29, 0.717) is 12.5 Å². The Bertz CT molecular complexity index is 309. The van der Waals surface area contributed by atoms with E-state index in [1.165, 1.54) is 0 Å². The van der Waals surface area contributed by atoms with Crippen LogP contribution in [0.2, 0.25) is 0 Å². The number of piperidine rings is 1. The van der Waals surface area contributed by atoms with Gasteiger partial charge in [-0.3, -0.25) is 0 Å². The molecule has 0 aromatic heterocycles. The summed E-state index contributed by atoms with van der Waals surface area (Å²) in [7, 11) is 0. The summed E-state index contributed by atoms with van der Waals surface area (Å²) in [6.07, 6.45) is 1.70. The molecule has 2 atom stereocenters. The first-order chi connectivity index (χ1) is 8.76. The van der Waals surface area contributed by atoms with E-state index in [0.717, 1.165) is 32.5 Å². The summed E-state index contributed by atoms with van der Waals surface area (Å²) in [5, 5.41) is 19.7. The molecule has 4 nitrogen and oxygen atoms in total. The van der Waals surface area contributed by atoms with Crippen molar-refractivity contribution in [1.82, 2.24) is 4.90 Å². The summed E-state index contributed by atoms with van der Waals surface area (Å²) < 4.78 is 6.03. The predicted molar refractivity (Wildman–Crippen MR) is 75.0 cm³/mol. The lowest BCUT2D eigenvalue weighted by atomic mass is 9.83. The summed E-state index contributed by atoms with van der Waals surface area (Å²) >= 11 is 0. The Morgan fingerprint density at radius 2 is 1.68 bits per heavy atom. The average Bonchev–Trinajstić information content (AvgIpc) is 2.48. The smallest absolute Gasteiger partial charge is 0.0896 e. The van der Waals surface area contributed by atoms with Crippen LogP contribution in [0.15, 0.2) is 0 Å². The quantitative estimate of drug-likeness (QED) is 0.811. The molecular formula is C15H29NO3. The van der Waals surface area contributed by atoms with Gasteiger partial charge in [0.25, 0.3) is 0 Å². The minimum absolute atomic E-state index is 0.146. The lowest BCUT2D eigenvalue weighted by Gasteiger charge is -2.36. The monoisotopic (exact) mass is 271 g/mol. The summed E-state index contributed by atoms with van der Waals surface area (Å²) in [5.41, 5.74) is -0.742. The van der Waals surface area contributed by atoms with E-state index in [9.17, 15) is 10.2 Å². The highest BCUT2D eigenvalue weighted by atomic mass is 16.5. The van der Waals surface area contributed by atoms with Gasteiger partial charge in [0.1, 0.15) is 0 Å². The fraction of sp³-hybridized carbons (Fsp3) is 1.00. The molecule has 2 aliphatic heterocycles. The Hall–Kier alpha value is -0.160. The third-order valence-electron chi connectivity index (χ3n) is 4.93. The van der Waals surface area contributed by atoms with Crippen LogP contribution in [0.5, 0.6) is 0 Å². The number of hydrogen-bond donors (Lipinski definition) is 2. The first kappa shape index (κ1) is 15.2. The van der Waals surface area contributed by atoms with Crippen LogP contribution >= 0.6 is 0 Å². The van der Waals surface area contributed by atoms with Crippen LogP contribution in [-0.4, -0.2) is 58.7 Å². The van der Waals surface area contributed by atoms with Gasteiger partial charge in [-0.25, -0.2) is 0 Å². The van der Waals surface area contributed by atoms with Crippen molar-refractivity contribution in [1.29, 1.82) is 0 Å². The van der Waals surface area contributed by atoms with Gasteiger partial charge in [0.2, 0.25) is 0 Å². The Morgan fingerprint density at radius 3 is 2.11 bits per heavy atom. The Morgan fingerprint density at radius 1 is 1.11 bits per heavy atom. The van der Waals surface area contributed by atoms with E-state index in [-0.39, 0.29) is 11.5 Å². The first-order valence-electron chi connectivity index (χ1n) is 7.48. The molecule has 0 radical (unpaired) electrons. The van der Waals surface area contributed by atoms with Crippen LogP contribution < -0.4 is 0 Å². The normalized spacial score (nSPS) is 35.7. The molecule has 0 aliphatic carbocycles. The standard InChI is InChI=1S/C15H29NO3/c1-14(2)12(13(18)15(3,4)19-14)9-16-7-5-11(10-17)6-8-16/h11-13,17-18H,5-10H2,1-4H3. The molecule has 4 heteroatoms. The Labute approximate surface area is 116 Å². The molecule has 2 saturated heterocycles. The molecule has 2 fully saturated rings. The molecule has 2 rings (SSSR count). The van der Waals surface area contributed by atoms with E-state index in [1.807, 2.05) is 13.8 Å². The van der Waals surface area contributed by atoms with Gasteiger partial charge in [0.15, 0.2) is 0 Å². The zero-order chi connectivity index (χ0) is 14.3. The van der Waals surface area contributed by atoms with Crippen LogP contribution in [0.4, 0.5) is 0 Å². The number of nitrogens with zero attached hydrogens (tertiary/aromatic N) is 1. The second-order valence-corrected chi connectivity index (χ2v) is 7.29. The summed E-state index contributed by atoms with van der Waals surface area (Å²) in [6, 6.07) is 0. The van der Waals surface area contributed by atoms with E-state index < -0.39 is 11.7 Å². The largest absolute Gasteiger partial charge is 0.396 e. The molecule has 0 bridgehead atoms. The first-order valence-corrected chi connectivity index (χ1v) is 7.48. The molecule has 2 aliphatic rings. The molecule has 2 heterocycles. The summed E-state index contributed by atoms with van der Waals surface area (Å²) in [6.45, 7) is 11.3. The number of likely N-dealkylation sites (tertiary alicyclic amines) is 1. The van der Waals surface area contributed by atoms with Gasteiger partial charge in [0, 0.05) is 19.1 Å². The third kappa shape index (κ3) is 3.13. The van der Waals surface area contributed by atoms with Gasteiger partial charge in [0.05, 0.1) is 17.3 Å². The Balaban J connectivity index is 1.95. The third-order valence-corrected chi connectivity index (χ3v) is 4.93. The predicted octanol–water partition coefficient (Wildman–Crippen LogP) is 1.26. The van der Waals surface area contributed by atoms with Crippen molar-refractivity contribution in [3.05, 3.63) is 0 Å². The van der Waals surface area contributed by atoms with Crippen molar-refractivity contribution in [2.45, 2.75) is 57.8 Å². The SMILES string of the molecule is CC1(C)OC(C)(C)C(CN2CCC(CO)CC2)C1O. The van der Waals surface area contributed by atoms with Gasteiger partial charge in [-0.05, 0) is 59.5 Å². The molecule has 0 saturated carbocycles. The molecule has 0 amide bonds. The van der Waals surface area contributed by atoms with Gasteiger partial charge < -0.3 is 19.8 Å². The molecular weight excluding hydrogens is 242 g/mol. The van der Waals surface area contributed by atoms with Crippen molar-refractivity contribution in [2.75, 3.05) is 26.2 Å². The van der Waals surface area contributed by atoms with Crippen LogP contribution in [0.3, 0.4) is 0 Å². The highest BCUT2D eigenvalue weighted by Crippen LogP contribution is 2.42. The van der Waals surface area contributed by atoms with Gasteiger partial charge >= 0.3 is 0 Å². The maximum Gasteiger partial charge on any atom is 0.0896 e. The maximum absolute atomic E-state index is 10.5. The molecule has 2 N–H and O–H groups in total. The van der Waals surface area contributed by atoms with Crippen molar-refractivity contribution < 1.29 is 14.9 Å². The van der Waals surface area contributed by atoms with Crippen LogP contribution in [-0.2, 0) is 4.74 Å². The number of hydrogen-bond acceptors (Lipinski definition) is 4. The minimum atomic E-state index is -0.461. The zero-order valence-corrected chi connectivity index (χ0v) is 12.7. The maximum atomic E-state index is 10.5. The van der Waals surface area contributed by atoms with E-state index in [1.54, 1.807) is 0 Å². The molecule has 2 unspecified atom stereocenters. The van der Waals surface area contributed by atoms with Crippen LogP contribution in [0, 0.1) is 11.8 Å². The van der Waals surface area contributed by atoms with E-state index in [2.05, 4.69) is 18.7 Å². The van der Waals surface area contributed by atoms with Gasteiger partial charge in [-0.15, -0.1) is 0 Å². The zero-order valence-electron chi connectivity index (χ0n) is 12.7. The van der Waals surface area contributed by atoms with Crippen LogP contribution in [0.1, 0.15) is 40.5 Å². The number of rotatable bonds is 3. The Kier molecular flexibility index (Phi) is 4.26. The van der Waals surface area contributed by atoms with Crippen molar-refractivity contribution in [2.24, 2.45) is 11.8 Å². The fourth-order valence-corrected chi connectivity index (χ4v) is 3.63. The topological polar surface area (TPSA) is 52.9 Å². The molecule has 19 heavy (non-hydrogen) atoms. The number of ether oxygens (including phenoxy) is 1. The van der Waals surface area contributed by atoms with Crippen LogP contribution in [0.25, 0.3) is 0 Å². The summed E-state index contributed by atoms with van der Waals surface area (Å²) in [4.78, 5) is 2.41. The van der Waals surface area contributed by atoms with Gasteiger partial charge in [-0.1, -0.05) is 0 Å². The summed E-state index contributed by atoms with van der Waals surface area (Å²) in [5.74, 6) is 0.610. The van der Waals surface area contributed by atoms with Crippen molar-refractivity contribution in [3.8, 4) is 0 Å². The fourth-order valence-electron chi connectivity index (χ4n) is 3.63. The second kappa shape index (κ2) is 5.32. The lowest BCUT2D eigenvalue weighted by molar-refractivity contribution is -0.0915. The van der Waals surface area contributed by atoms with E-state index in [4.69, 9.17) is 4.74 Å². The lowest BCUT2D eigenvalue weighted by Crippen LogP contribution is -2.46. The van der Waals surface area contributed by atoms with Gasteiger partial charge in [-0.2, -0.15) is 0 Å². The minimum Gasteiger partial charge on any atom is -0.396 e. The molecule has 0 spiro atoms. The highest BCUT2D eigenvalue weighted by Gasteiger charge is 2.53. The van der Waals surface area contributed by atoms with Crippen molar-refractivity contribution >= 4 is 0 Å². The number of aliphatic hydroxyl groups excluding tert-OH is 2. The van der Waals surface area contributed by atoms with Crippen molar-refractivity contribution in [3.63, 3.8) is 0 Å². The molecule has 112 valence electrons. The molecule has 0 aromatic rings. The highest BCUT2D eigenvalue weighted by molar-refractivity contribution is 5.02. The number of aliphatic hydroxyl groups is 2. The second-order valence-electron chi connectivity index (χ2n) is 7.29. The molecule has 0 aromatic carbocycles. The average molecular weight is 271 g/mol.